The van der Waals surface area contributed by atoms with E-state index in [1.54, 1.807) is 0 Å². The maximum absolute atomic E-state index is 6.10. The number of ether oxygens (including phenoxy) is 1. The molecule has 1 saturated carbocycles. The summed E-state index contributed by atoms with van der Waals surface area (Å²) in [7, 11) is 0. The molecule has 3 aliphatic rings. The fourth-order valence-electron chi connectivity index (χ4n) is 3.84. The number of rotatable bonds is 2. The summed E-state index contributed by atoms with van der Waals surface area (Å²) in [6.07, 6.45) is 8.37. The molecule has 2 heterocycles. The molecule has 0 aromatic heterocycles. The molecule has 1 N–H and O–H groups in total. The van der Waals surface area contributed by atoms with Crippen LogP contribution < -0.4 is 5.32 Å². The molecule has 3 rings (SSSR count). The number of hydrogen-bond acceptors (Lipinski definition) is 3. The highest BCUT2D eigenvalue weighted by Gasteiger charge is 2.38. The van der Waals surface area contributed by atoms with E-state index in [1.807, 2.05) is 0 Å². The zero-order valence-electron chi connectivity index (χ0n) is 11.7. The van der Waals surface area contributed by atoms with E-state index in [2.05, 4.69) is 10.2 Å². The molecule has 114 valence electrons. The van der Waals surface area contributed by atoms with Gasteiger partial charge >= 0.3 is 0 Å². The SMILES string of the molecule is C1CCC(CN2CCOC3(CCCNC3)C2)C1.Cl.Cl. The van der Waals surface area contributed by atoms with E-state index in [9.17, 15) is 0 Å². The summed E-state index contributed by atoms with van der Waals surface area (Å²) >= 11 is 0. The molecule has 1 spiro atoms. The van der Waals surface area contributed by atoms with Gasteiger partial charge < -0.3 is 10.1 Å². The van der Waals surface area contributed by atoms with Crippen LogP contribution in [0.3, 0.4) is 0 Å². The molecule has 1 aliphatic carbocycles. The highest BCUT2D eigenvalue weighted by Crippen LogP contribution is 2.29. The minimum atomic E-state index is 0. The molecular weight excluding hydrogens is 283 g/mol. The van der Waals surface area contributed by atoms with Gasteiger partial charge in [0.15, 0.2) is 0 Å². The predicted molar refractivity (Wildman–Crippen MR) is 83.7 cm³/mol. The fraction of sp³-hybridized carbons (Fsp3) is 1.00. The average molecular weight is 311 g/mol. The molecule has 0 aromatic rings. The zero-order chi connectivity index (χ0) is 11.6. The van der Waals surface area contributed by atoms with Crippen molar-refractivity contribution < 1.29 is 4.74 Å². The number of nitrogens with one attached hydrogen (secondary N) is 1. The molecule has 3 fully saturated rings. The van der Waals surface area contributed by atoms with Crippen LogP contribution in [0.15, 0.2) is 0 Å². The van der Waals surface area contributed by atoms with Crippen LogP contribution in [0.2, 0.25) is 0 Å². The van der Waals surface area contributed by atoms with E-state index in [0.717, 1.165) is 32.2 Å². The summed E-state index contributed by atoms with van der Waals surface area (Å²) in [6, 6.07) is 0. The molecule has 3 nitrogen and oxygen atoms in total. The summed E-state index contributed by atoms with van der Waals surface area (Å²) in [5.41, 5.74) is 0.148. The van der Waals surface area contributed by atoms with Crippen molar-refractivity contribution in [3.05, 3.63) is 0 Å². The monoisotopic (exact) mass is 310 g/mol. The Morgan fingerprint density at radius 3 is 2.63 bits per heavy atom. The summed E-state index contributed by atoms with van der Waals surface area (Å²) < 4.78 is 6.10. The lowest BCUT2D eigenvalue weighted by Crippen LogP contribution is -2.59. The van der Waals surface area contributed by atoms with Crippen molar-refractivity contribution in [3.8, 4) is 0 Å². The molecule has 0 radical (unpaired) electrons. The second-order valence-electron chi connectivity index (χ2n) is 6.20. The number of morpholine rings is 1. The third kappa shape index (κ3) is 4.47. The van der Waals surface area contributed by atoms with Crippen LogP contribution in [0.25, 0.3) is 0 Å². The number of nitrogens with zero attached hydrogens (tertiary/aromatic N) is 1. The molecule has 0 aromatic carbocycles. The number of halogens is 2. The van der Waals surface area contributed by atoms with Gasteiger partial charge in [-0.25, -0.2) is 0 Å². The highest BCUT2D eigenvalue weighted by molar-refractivity contribution is 5.85. The molecule has 0 amide bonds. The smallest absolute Gasteiger partial charge is 0.0933 e. The topological polar surface area (TPSA) is 24.5 Å². The van der Waals surface area contributed by atoms with Crippen molar-refractivity contribution in [2.45, 2.75) is 44.1 Å². The minimum absolute atomic E-state index is 0. The van der Waals surface area contributed by atoms with E-state index in [-0.39, 0.29) is 30.4 Å². The Labute approximate surface area is 129 Å². The third-order valence-corrected chi connectivity index (χ3v) is 4.75. The molecule has 2 aliphatic heterocycles. The first-order valence-corrected chi connectivity index (χ1v) is 7.43. The van der Waals surface area contributed by atoms with Gasteiger partial charge in [-0.05, 0) is 38.1 Å². The Morgan fingerprint density at radius 2 is 1.95 bits per heavy atom. The molecule has 19 heavy (non-hydrogen) atoms. The Bertz CT molecular complexity index is 248. The van der Waals surface area contributed by atoms with Gasteiger partial charge in [-0.2, -0.15) is 0 Å². The van der Waals surface area contributed by atoms with Crippen molar-refractivity contribution in [2.75, 3.05) is 39.3 Å². The minimum Gasteiger partial charge on any atom is -0.371 e. The lowest BCUT2D eigenvalue weighted by Gasteiger charge is -2.45. The van der Waals surface area contributed by atoms with E-state index in [4.69, 9.17) is 4.74 Å². The van der Waals surface area contributed by atoms with E-state index in [0.29, 0.717) is 0 Å². The normalized spacial score (nSPS) is 32.8. The van der Waals surface area contributed by atoms with Gasteiger partial charge in [0.05, 0.1) is 12.2 Å². The lowest BCUT2D eigenvalue weighted by atomic mass is 9.91. The van der Waals surface area contributed by atoms with Gasteiger partial charge in [0.1, 0.15) is 0 Å². The van der Waals surface area contributed by atoms with Crippen LogP contribution in [0.1, 0.15) is 38.5 Å². The first kappa shape index (κ1) is 17.5. The van der Waals surface area contributed by atoms with Gasteiger partial charge in [-0.1, -0.05) is 12.8 Å². The lowest BCUT2D eigenvalue weighted by molar-refractivity contribution is -0.121. The van der Waals surface area contributed by atoms with Crippen LogP contribution in [0.4, 0.5) is 0 Å². The van der Waals surface area contributed by atoms with E-state index in [1.165, 1.54) is 51.6 Å². The predicted octanol–water partition coefficient (Wildman–Crippen LogP) is 2.47. The van der Waals surface area contributed by atoms with Crippen LogP contribution in [0.5, 0.6) is 0 Å². The van der Waals surface area contributed by atoms with Gasteiger partial charge in [-0.3, -0.25) is 4.90 Å². The molecule has 1 atom stereocenters. The largest absolute Gasteiger partial charge is 0.371 e. The summed E-state index contributed by atoms with van der Waals surface area (Å²) in [4.78, 5) is 2.67. The Balaban J connectivity index is 0.000000902. The Hall–Kier alpha value is 0.460. The van der Waals surface area contributed by atoms with Crippen LogP contribution in [0, 0.1) is 5.92 Å². The Morgan fingerprint density at radius 1 is 1.16 bits per heavy atom. The quantitative estimate of drug-likeness (QED) is 0.848. The van der Waals surface area contributed by atoms with E-state index < -0.39 is 0 Å². The second kappa shape index (κ2) is 8.04. The number of hydrogen-bond donors (Lipinski definition) is 1. The van der Waals surface area contributed by atoms with Crippen molar-refractivity contribution in [2.24, 2.45) is 5.92 Å². The van der Waals surface area contributed by atoms with E-state index >= 15 is 0 Å². The third-order valence-electron chi connectivity index (χ3n) is 4.75. The standard InChI is InChI=1S/C14H26N2O.2ClH/c1-2-5-13(4-1)10-16-8-9-17-14(12-16)6-3-7-15-11-14;;/h13,15H,1-12H2;2*1H. The van der Waals surface area contributed by atoms with Gasteiger partial charge in [0, 0.05) is 26.2 Å². The molecule has 1 unspecified atom stereocenters. The van der Waals surface area contributed by atoms with Crippen molar-refractivity contribution in [3.63, 3.8) is 0 Å². The maximum Gasteiger partial charge on any atom is 0.0933 e. The number of piperidine rings is 1. The van der Waals surface area contributed by atoms with Crippen molar-refractivity contribution in [1.29, 1.82) is 0 Å². The summed E-state index contributed by atoms with van der Waals surface area (Å²) in [5, 5.41) is 3.51. The fourth-order valence-corrected chi connectivity index (χ4v) is 3.84. The average Bonchev–Trinajstić information content (AvgIpc) is 2.83. The zero-order valence-corrected chi connectivity index (χ0v) is 13.4. The highest BCUT2D eigenvalue weighted by atomic mass is 35.5. The maximum atomic E-state index is 6.10. The second-order valence-corrected chi connectivity index (χ2v) is 6.20. The van der Waals surface area contributed by atoms with Gasteiger partial charge in [0.2, 0.25) is 0 Å². The summed E-state index contributed by atoms with van der Waals surface area (Å²) in [6.45, 7) is 6.82. The molecule has 5 heteroatoms. The van der Waals surface area contributed by atoms with Crippen LogP contribution in [-0.2, 0) is 4.74 Å². The van der Waals surface area contributed by atoms with Gasteiger partial charge in [-0.15, -0.1) is 24.8 Å². The first-order chi connectivity index (χ1) is 8.36. The first-order valence-electron chi connectivity index (χ1n) is 7.43. The summed E-state index contributed by atoms with van der Waals surface area (Å²) in [5.74, 6) is 0.974. The van der Waals surface area contributed by atoms with Crippen molar-refractivity contribution in [1.82, 2.24) is 10.2 Å². The molecule has 2 saturated heterocycles. The Kier molecular flexibility index (Phi) is 7.41. The van der Waals surface area contributed by atoms with Gasteiger partial charge in [0.25, 0.3) is 0 Å². The van der Waals surface area contributed by atoms with Crippen LogP contribution >= 0.6 is 24.8 Å². The molecule has 0 bridgehead atoms. The van der Waals surface area contributed by atoms with Crippen LogP contribution in [-0.4, -0.2) is 49.8 Å². The molecular formula is C14H28Cl2N2O. The van der Waals surface area contributed by atoms with Crippen molar-refractivity contribution >= 4 is 24.8 Å².